The molecule has 1 N–H and O–H groups in total. The number of likely N-dealkylation sites (tertiary alicyclic amines) is 1. The Balaban J connectivity index is 1.74. The van der Waals surface area contributed by atoms with Crippen LogP contribution in [-0.4, -0.2) is 88.9 Å². The van der Waals surface area contributed by atoms with Crippen LogP contribution in [0.4, 0.5) is 0 Å². The lowest BCUT2D eigenvalue weighted by atomic mass is 10.1. The Labute approximate surface area is 308 Å². The van der Waals surface area contributed by atoms with Crippen molar-refractivity contribution in [1.82, 2.24) is 10.2 Å². The van der Waals surface area contributed by atoms with Gasteiger partial charge < -0.3 is 19.5 Å². The monoisotopic (exact) mass is 740 g/mol. The molecule has 2 aliphatic rings. The SMILES string of the molecule is CCCCP(CCCC)(CCCC)=C(C(=O)OCc1ccc(OC)cc1)N1C(=O)[C@@H](NC(=O)Cc2ccccc2)[C@H]1SCC(=O)C1CCC(C)O1. The first-order valence-corrected chi connectivity index (χ1v) is 22.0. The minimum Gasteiger partial charge on any atom is -0.497 e. The summed E-state index contributed by atoms with van der Waals surface area (Å²) in [6, 6.07) is 15.9. The largest absolute Gasteiger partial charge is 0.497 e. The van der Waals surface area contributed by atoms with Crippen LogP contribution in [0.1, 0.15) is 90.2 Å². The Hall–Kier alpha value is -3.07. The first kappa shape index (κ1) is 40.7. The maximum absolute atomic E-state index is 14.6. The van der Waals surface area contributed by atoms with Crippen molar-refractivity contribution in [3.05, 3.63) is 65.7 Å². The van der Waals surface area contributed by atoms with Gasteiger partial charge in [0, 0.05) is 0 Å². The standard InChI is InChI=1S/C40H57N2O7PS/c1-6-9-23-50(24-10-7-2,25-11-8-3)38(40(46)48-27-31-18-20-32(47-5)21-19-31)42-37(45)36(41-35(44)26-30-15-13-12-14-16-30)39(42)51-28-33(43)34-22-17-29(4)49-34/h12-16,18-21,29,34,36,39H,6-11,17,22-28H2,1-5H3,(H,41,44)/t29?,34?,36-,39-/m1/s1. The molecule has 2 amide bonds. The number of rotatable bonds is 21. The van der Waals surface area contributed by atoms with Crippen molar-refractivity contribution in [3.63, 3.8) is 0 Å². The summed E-state index contributed by atoms with van der Waals surface area (Å²) in [6.07, 6.45) is 9.38. The van der Waals surface area contributed by atoms with Crippen molar-refractivity contribution < 1.29 is 33.4 Å². The van der Waals surface area contributed by atoms with Crippen molar-refractivity contribution in [2.24, 2.45) is 0 Å². The van der Waals surface area contributed by atoms with Crippen molar-refractivity contribution >= 4 is 47.6 Å². The minimum absolute atomic E-state index is 0.0253. The lowest BCUT2D eigenvalue weighted by Crippen LogP contribution is -2.72. The highest BCUT2D eigenvalue weighted by atomic mass is 32.2. The normalized spacial score (nSPS) is 20.1. The first-order chi connectivity index (χ1) is 24.7. The molecular formula is C40H57N2O7PS. The Kier molecular flexibility index (Phi) is 16.2. The zero-order valence-corrected chi connectivity index (χ0v) is 32.8. The number of β-lactam (4-membered cyclic amide) rings is 1. The molecule has 51 heavy (non-hydrogen) atoms. The van der Waals surface area contributed by atoms with Crippen LogP contribution in [0, 0.1) is 0 Å². The minimum atomic E-state index is -2.24. The fraction of sp³-hybridized carbons (Fsp3) is 0.575. The number of nitrogens with zero attached hydrogens (tertiary/aromatic N) is 1. The van der Waals surface area contributed by atoms with E-state index in [0.29, 0.717) is 17.6 Å². The second-order valence-corrected chi connectivity index (χ2v) is 18.9. The third-order valence-electron chi connectivity index (χ3n) is 9.76. The molecule has 2 heterocycles. The maximum atomic E-state index is 14.6. The molecule has 0 aliphatic carbocycles. The van der Waals surface area contributed by atoms with E-state index < -0.39 is 30.4 Å². The van der Waals surface area contributed by atoms with Gasteiger partial charge in [-0.1, -0.05) is 89.4 Å². The number of esters is 1. The second-order valence-electron chi connectivity index (χ2n) is 13.7. The van der Waals surface area contributed by atoms with Gasteiger partial charge in [-0.2, -0.15) is 0 Å². The molecule has 0 saturated carbocycles. The molecule has 280 valence electrons. The molecule has 0 aromatic heterocycles. The molecule has 11 heteroatoms. The molecule has 0 radical (unpaired) electrons. The van der Waals surface area contributed by atoms with E-state index in [1.54, 1.807) is 12.0 Å². The van der Waals surface area contributed by atoms with Gasteiger partial charge in [0.25, 0.3) is 5.91 Å². The number of ketones is 1. The quantitative estimate of drug-likeness (QED) is 0.0824. The number of Topliss-reactive ketones (excluding diaryl/α,β-unsaturated/α-hetero) is 1. The average molecular weight is 741 g/mol. The third kappa shape index (κ3) is 11.0. The molecule has 2 unspecified atom stereocenters. The third-order valence-corrected chi connectivity index (χ3v) is 15.9. The molecule has 0 spiro atoms. The molecule has 2 aromatic carbocycles. The molecule has 2 aliphatic heterocycles. The van der Waals surface area contributed by atoms with E-state index in [4.69, 9.17) is 14.2 Å². The van der Waals surface area contributed by atoms with E-state index >= 15 is 0 Å². The van der Waals surface area contributed by atoms with E-state index in [1.165, 1.54) is 11.8 Å². The maximum Gasteiger partial charge on any atom is 0.355 e. The van der Waals surface area contributed by atoms with Crippen LogP contribution in [-0.2, 0) is 41.7 Å². The predicted molar refractivity (Wildman–Crippen MR) is 208 cm³/mol. The number of benzene rings is 2. The van der Waals surface area contributed by atoms with Crippen LogP contribution < -0.4 is 10.1 Å². The van der Waals surface area contributed by atoms with Gasteiger partial charge in [-0.05, 0) is 80.8 Å². The van der Waals surface area contributed by atoms with Gasteiger partial charge in [0.1, 0.15) is 35.3 Å². The van der Waals surface area contributed by atoms with Crippen molar-refractivity contribution in [2.75, 3.05) is 31.3 Å². The molecule has 2 aromatic rings. The average Bonchev–Trinajstić information content (AvgIpc) is 3.59. The number of unbranched alkanes of at least 4 members (excludes halogenated alkanes) is 3. The van der Waals surface area contributed by atoms with E-state index in [1.807, 2.05) is 61.5 Å². The number of thioether (sulfide) groups is 1. The molecule has 0 bridgehead atoms. The zero-order valence-electron chi connectivity index (χ0n) is 31.1. The molecule has 9 nitrogen and oxygen atoms in total. The Bertz CT molecular complexity index is 1490. The van der Waals surface area contributed by atoms with Gasteiger partial charge in [0.15, 0.2) is 5.78 Å². The Morgan fingerprint density at radius 1 is 0.902 bits per heavy atom. The van der Waals surface area contributed by atoms with Crippen molar-refractivity contribution in [1.29, 1.82) is 0 Å². The molecule has 2 saturated heterocycles. The zero-order chi connectivity index (χ0) is 36.8. The number of carbonyl (C=O) groups is 4. The number of hydrogen-bond donors (Lipinski definition) is 1. The summed E-state index contributed by atoms with van der Waals surface area (Å²) < 4.78 is 17.3. The second kappa shape index (κ2) is 20.2. The summed E-state index contributed by atoms with van der Waals surface area (Å²) in [5.41, 5.74) is 2.12. The number of nitrogens with one attached hydrogen (secondary N) is 1. The highest BCUT2D eigenvalue weighted by Gasteiger charge is 2.54. The van der Waals surface area contributed by atoms with Gasteiger partial charge in [0.05, 0.1) is 25.4 Å². The number of ether oxygens (including phenoxy) is 3. The fourth-order valence-electron chi connectivity index (χ4n) is 6.79. The van der Waals surface area contributed by atoms with Crippen molar-refractivity contribution in [2.45, 2.75) is 116 Å². The highest BCUT2D eigenvalue weighted by Crippen LogP contribution is 2.54. The molecular weight excluding hydrogens is 683 g/mol. The summed E-state index contributed by atoms with van der Waals surface area (Å²) in [5, 5.41) is 2.35. The number of amides is 2. The van der Waals surface area contributed by atoms with Crippen LogP contribution >= 0.6 is 18.6 Å². The highest BCUT2D eigenvalue weighted by molar-refractivity contribution is 8.00. The summed E-state index contributed by atoms with van der Waals surface area (Å²) >= 11 is 1.32. The lowest BCUT2D eigenvalue weighted by Gasteiger charge is -2.49. The van der Waals surface area contributed by atoms with Crippen LogP contribution in [0.2, 0.25) is 0 Å². The van der Waals surface area contributed by atoms with E-state index in [9.17, 15) is 19.2 Å². The molecule has 2 fully saturated rings. The van der Waals surface area contributed by atoms with Crippen LogP contribution in [0.3, 0.4) is 0 Å². The summed E-state index contributed by atoms with van der Waals surface area (Å²) in [6.45, 7) is 6.23. The topological polar surface area (TPSA) is 111 Å². The molecule has 4 atom stereocenters. The first-order valence-electron chi connectivity index (χ1n) is 18.7. The van der Waals surface area contributed by atoms with Gasteiger partial charge >= 0.3 is 5.97 Å². The van der Waals surface area contributed by atoms with E-state index in [-0.39, 0.29) is 42.5 Å². The van der Waals surface area contributed by atoms with Gasteiger partial charge in [0.2, 0.25) is 5.91 Å². The number of methoxy groups -OCH3 is 1. The van der Waals surface area contributed by atoms with Gasteiger partial charge in [-0.15, -0.1) is 11.8 Å². The van der Waals surface area contributed by atoms with E-state index in [0.717, 1.165) is 74.6 Å². The van der Waals surface area contributed by atoms with Crippen LogP contribution in [0.5, 0.6) is 5.75 Å². The van der Waals surface area contributed by atoms with Crippen molar-refractivity contribution in [3.8, 4) is 5.75 Å². The Morgan fingerprint density at radius 3 is 2.08 bits per heavy atom. The van der Waals surface area contributed by atoms with Gasteiger partial charge in [-0.25, -0.2) is 4.79 Å². The lowest BCUT2D eigenvalue weighted by molar-refractivity contribution is -0.146. The molecule has 4 rings (SSSR count). The smallest absolute Gasteiger partial charge is 0.355 e. The predicted octanol–water partition coefficient (Wildman–Crippen LogP) is 7.05. The van der Waals surface area contributed by atoms with Gasteiger partial charge in [-0.3, -0.25) is 19.3 Å². The van der Waals surface area contributed by atoms with E-state index in [2.05, 4.69) is 26.1 Å². The summed E-state index contributed by atoms with van der Waals surface area (Å²) in [7, 11) is 1.60. The fourth-order valence-corrected chi connectivity index (χ4v) is 13.3. The number of carbonyl (C=O) groups excluding carboxylic acids is 4. The Morgan fingerprint density at radius 2 is 1.53 bits per heavy atom. The number of hydrogen-bond acceptors (Lipinski definition) is 8. The summed E-state index contributed by atoms with van der Waals surface area (Å²) in [4.78, 5) is 57.4. The van der Waals surface area contributed by atoms with Crippen LogP contribution in [0.15, 0.2) is 54.6 Å². The summed E-state index contributed by atoms with van der Waals surface area (Å²) in [5.74, 6) is -0.302. The van der Waals surface area contributed by atoms with Crippen LogP contribution in [0.25, 0.3) is 0 Å².